The van der Waals surface area contributed by atoms with Crippen molar-refractivity contribution in [1.82, 2.24) is 4.90 Å². The third-order valence-corrected chi connectivity index (χ3v) is 3.54. The zero-order valence-corrected chi connectivity index (χ0v) is 11.1. The summed E-state index contributed by atoms with van der Waals surface area (Å²) in [5.41, 5.74) is 1.07. The molecule has 1 aliphatic heterocycles. The van der Waals surface area contributed by atoms with Crippen LogP contribution in [0.15, 0.2) is 18.2 Å². The van der Waals surface area contributed by atoms with Gasteiger partial charge in [-0.1, -0.05) is 11.6 Å². The van der Waals surface area contributed by atoms with Crippen LogP contribution in [-0.4, -0.2) is 38.2 Å². The third kappa shape index (κ3) is 3.27. The fraction of sp³-hybridized carbons (Fsp3) is 0.538. The molecular weight excluding hydrogens is 236 g/mol. The first kappa shape index (κ1) is 12.5. The largest absolute Gasteiger partial charge is 0.495 e. The van der Waals surface area contributed by atoms with E-state index in [2.05, 4.69) is 17.3 Å². The standard InChI is InChI=1S/C13H19ClN2O/c1-16-7-5-10(6-8-16)15-11-3-4-13(17-2)12(14)9-11/h3-4,9-10,15H,5-8H2,1-2H3. The highest BCUT2D eigenvalue weighted by atomic mass is 35.5. The van der Waals surface area contributed by atoms with Gasteiger partial charge in [0, 0.05) is 11.7 Å². The zero-order chi connectivity index (χ0) is 12.3. The summed E-state index contributed by atoms with van der Waals surface area (Å²) in [7, 11) is 3.80. The molecule has 0 aromatic heterocycles. The molecule has 3 nitrogen and oxygen atoms in total. The topological polar surface area (TPSA) is 24.5 Å². The van der Waals surface area contributed by atoms with Gasteiger partial charge in [-0.05, 0) is 51.2 Å². The predicted molar refractivity (Wildman–Crippen MR) is 72.1 cm³/mol. The van der Waals surface area contributed by atoms with E-state index >= 15 is 0 Å². The molecule has 1 saturated heterocycles. The molecule has 0 radical (unpaired) electrons. The van der Waals surface area contributed by atoms with Gasteiger partial charge in [-0.2, -0.15) is 0 Å². The summed E-state index contributed by atoms with van der Waals surface area (Å²) in [5.74, 6) is 0.723. The van der Waals surface area contributed by atoms with Crippen LogP contribution in [0.1, 0.15) is 12.8 Å². The summed E-state index contributed by atoms with van der Waals surface area (Å²) in [6.07, 6.45) is 2.36. The van der Waals surface area contributed by atoms with Crippen LogP contribution in [0.3, 0.4) is 0 Å². The van der Waals surface area contributed by atoms with Crippen molar-refractivity contribution in [3.05, 3.63) is 23.2 Å². The average molecular weight is 255 g/mol. The van der Waals surface area contributed by atoms with E-state index in [1.807, 2.05) is 18.2 Å². The molecule has 0 saturated carbocycles. The molecule has 0 spiro atoms. The van der Waals surface area contributed by atoms with E-state index in [0.29, 0.717) is 11.1 Å². The number of nitrogens with zero attached hydrogens (tertiary/aromatic N) is 1. The van der Waals surface area contributed by atoms with E-state index in [1.54, 1.807) is 7.11 Å². The molecule has 1 aromatic carbocycles. The van der Waals surface area contributed by atoms with Crippen LogP contribution < -0.4 is 10.1 Å². The molecule has 0 amide bonds. The smallest absolute Gasteiger partial charge is 0.137 e. The lowest BCUT2D eigenvalue weighted by Crippen LogP contribution is -2.36. The first-order chi connectivity index (χ1) is 8.19. The summed E-state index contributed by atoms with van der Waals surface area (Å²) in [4.78, 5) is 2.36. The number of likely N-dealkylation sites (tertiary alicyclic amines) is 1. The van der Waals surface area contributed by atoms with Crippen molar-refractivity contribution in [1.29, 1.82) is 0 Å². The second-order valence-electron chi connectivity index (χ2n) is 4.57. The van der Waals surface area contributed by atoms with E-state index in [1.165, 1.54) is 12.8 Å². The number of piperidine rings is 1. The fourth-order valence-electron chi connectivity index (χ4n) is 2.14. The van der Waals surface area contributed by atoms with Gasteiger partial charge in [0.25, 0.3) is 0 Å². The van der Waals surface area contributed by atoms with Crippen molar-refractivity contribution in [2.24, 2.45) is 0 Å². The molecule has 0 aliphatic carbocycles. The van der Waals surface area contributed by atoms with Gasteiger partial charge in [-0.15, -0.1) is 0 Å². The highest BCUT2D eigenvalue weighted by Gasteiger charge is 2.16. The molecule has 1 aromatic rings. The second-order valence-corrected chi connectivity index (χ2v) is 4.98. The Balaban J connectivity index is 1.97. The number of nitrogens with one attached hydrogen (secondary N) is 1. The minimum absolute atomic E-state index is 0.552. The van der Waals surface area contributed by atoms with Gasteiger partial charge in [0.2, 0.25) is 0 Å². The fourth-order valence-corrected chi connectivity index (χ4v) is 2.40. The van der Waals surface area contributed by atoms with Gasteiger partial charge in [-0.3, -0.25) is 0 Å². The highest BCUT2D eigenvalue weighted by molar-refractivity contribution is 6.32. The van der Waals surface area contributed by atoms with E-state index in [9.17, 15) is 0 Å². The summed E-state index contributed by atoms with van der Waals surface area (Å²) in [5, 5.41) is 4.18. The van der Waals surface area contributed by atoms with Crippen LogP contribution in [0.5, 0.6) is 5.75 Å². The van der Waals surface area contributed by atoms with Crippen LogP contribution in [0.2, 0.25) is 5.02 Å². The van der Waals surface area contributed by atoms with Gasteiger partial charge >= 0.3 is 0 Å². The minimum Gasteiger partial charge on any atom is -0.495 e. The van der Waals surface area contributed by atoms with E-state index in [0.717, 1.165) is 24.5 Å². The molecule has 1 N–H and O–H groups in total. The summed E-state index contributed by atoms with van der Waals surface area (Å²) in [6, 6.07) is 6.40. The monoisotopic (exact) mass is 254 g/mol. The Morgan fingerprint density at radius 3 is 2.65 bits per heavy atom. The first-order valence-corrected chi connectivity index (χ1v) is 6.35. The van der Waals surface area contributed by atoms with Crippen molar-refractivity contribution in [2.75, 3.05) is 32.6 Å². The van der Waals surface area contributed by atoms with Crippen molar-refractivity contribution >= 4 is 17.3 Å². The van der Waals surface area contributed by atoms with E-state index in [-0.39, 0.29) is 0 Å². The van der Waals surface area contributed by atoms with Crippen LogP contribution in [-0.2, 0) is 0 Å². The predicted octanol–water partition coefficient (Wildman–Crippen LogP) is 2.85. The van der Waals surface area contributed by atoms with Crippen molar-refractivity contribution in [2.45, 2.75) is 18.9 Å². The number of rotatable bonds is 3. The SMILES string of the molecule is COc1ccc(NC2CCN(C)CC2)cc1Cl. The van der Waals surface area contributed by atoms with E-state index < -0.39 is 0 Å². The molecular formula is C13H19ClN2O. The zero-order valence-electron chi connectivity index (χ0n) is 10.4. The lowest BCUT2D eigenvalue weighted by Gasteiger charge is -2.30. The average Bonchev–Trinajstić information content (AvgIpc) is 2.32. The number of ether oxygens (including phenoxy) is 1. The molecule has 4 heteroatoms. The Morgan fingerprint density at radius 1 is 1.35 bits per heavy atom. The molecule has 1 aliphatic rings. The van der Waals surface area contributed by atoms with E-state index in [4.69, 9.17) is 16.3 Å². The molecule has 17 heavy (non-hydrogen) atoms. The van der Waals surface area contributed by atoms with Crippen molar-refractivity contribution < 1.29 is 4.74 Å². The Bertz CT molecular complexity index is 376. The summed E-state index contributed by atoms with van der Waals surface area (Å²) < 4.78 is 5.14. The Labute approximate surface area is 108 Å². The number of methoxy groups -OCH3 is 1. The molecule has 1 heterocycles. The van der Waals surface area contributed by atoms with Crippen LogP contribution in [0.25, 0.3) is 0 Å². The molecule has 0 bridgehead atoms. The van der Waals surface area contributed by atoms with Gasteiger partial charge < -0.3 is 15.0 Å². The third-order valence-electron chi connectivity index (χ3n) is 3.24. The van der Waals surface area contributed by atoms with Crippen molar-refractivity contribution in [3.63, 3.8) is 0 Å². The van der Waals surface area contributed by atoms with Gasteiger partial charge in [0.15, 0.2) is 0 Å². The Morgan fingerprint density at radius 2 is 2.06 bits per heavy atom. The highest BCUT2D eigenvalue weighted by Crippen LogP contribution is 2.28. The molecule has 0 atom stereocenters. The first-order valence-electron chi connectivity index (χ1n) is 5.97. The maximum Gasteiger partial charge on any atom is 0.137 e. The van der Waals surface area contributed by atoms with Gasteiger partial charge in [-0.25, -0.2) is 0 Å². The summed E-state index contributed by atoms with van der Waals surface area (Å²) in [6.45, 7) is 2.31. The van der Waals surface area contributed by atoms with Crippen LogP contribution in [0.4, 0.5) is 5.69 Å². The lowest BCUT2D eigenvalue weighted by atomic mass is 10.1. The summed E-state index contributed by atoms with van der Waals surface area (Å²) >= 11 is 6.10. The normalized spacial score (nSPS) is 18.1. The maximum atomic E-state index is 6.10. The molecule has 0 unspecified atom stereocenters. The van der Waals surface area contributed by atoms with Gasteiger partial charge in [0.05, 0.1) is 12.1 Å². The second kappa shape index (κ2) is 5.61. The number of benzene rings is 1. The quantitative estimate of drug-likeness (QED) is 0.898. The van der Waals surface area contributed by atoms with Crippen molar-refractivity contribution in [3.8, 4) is 5.75 Å². The number of hydrogen-bond donors (Lipinski definition) is 1. The lowest BCUT2D eigenvalue weighted by molar-refractivity contribution is 0.264. The number of hydrogen-bond acceptors (Lipinski definition) is 3. The molecule has 94 valence electrons. The maximum absolute atomic E-state index is 6.10. The van der Waals surface area contributed by atoms with Crippen LogP contribution >= 0.6 is 11.6 Å². The Hall–Kier alpha value is -0.930. The van der Waals surface area contributed by atoms with Crippen LogP contribution in [0, 0.1) is 0 Å². The minimum atomic E-state index is 0.552. The Kier molecular flexibility index (Phi) is 4.13. The number of anilines is 1. The molecule has 1 fully saturated rings. The van der Waals surface area contributed by atoms with Gasteiger partial charge in [0.1, 0.15) is 5.75 Å². The number of halogens is 1. The molecule has 2 rings (SSSR count).